The molecule has 0 saturated carbocycles. The van der Waals surface area contributed by atoms with E-state index in [1.165, 1.54) is 4.90 Å². The predicted molar refractivity (Wildman–Crippen MR) is 52.6 cm³/mol. The van der Waals surface area contributed by atoms with Crippen molar-refractivity contribution in [1.29, 1.82) is 0 Å². The summed E-state index contributed by atoms with van der Waals surface area (Å²) in [6.45, 7) is 4.47. The molecule has 78 valence electrons. The number of carbonyl (C=O) groups is 1. The Labute approximate surface area is 79.9 Å². The van der Waals surface area contributed by atoms with Crippen LogP contribution in [0.15, 0.2) is 0 Å². The first kappa shape index (κ1) is 12.2. The summed E-state index contributed by atoms with van der Waals surface area (Å²) in [4.78, 5) is 12.8. The average Bonchev–Trinajstić information content (AvgIpc) is 2.14. The highest BCUT2D eigenvalue weighted by Crippen LogP contribution is 1.97. The fraction of sp³-hybridized carbons (Fsp3) is 0.889. The quantitative estimate of drug-likeness (QED) is 0.670. The van der Waals surface area contributed by atoms with Crippen molar-refractivity contribution < 1.29 is 9.90 Å². The Hall–Kier alpha value is -0.770. The Bertz CT molecular complexity index is 147. The standard InChI is InChI=1S/C9H20N2O2/c1-4-8(5-2)10-9(13)11(3)6-7-12/h8,12H,4-7H2,1-3H3,(H,10,13). The van der Waals surface area contributed by atoms with Crippen LogP contribution in [0.4, 0.5) is 4.79 Å². The molecular weight excluding hydrogens is 168 g/mol. The lowest BCUT2D eigenvalue weighted by Crippen LogP contribution is -2.43. The highest BCUT2D eigenvalue weighted by atomic mass is 16.3. The van der Waals surface area contributed by atoms with Gasteiger partial charge < -0.3 is 15.3 Å². The molecule has 0 aromatic carbocycles. The molecule has 0 aromatic rings. The number of aliphatic hydroxyl groups is 1. The molecular formula is C9H20N2O2. The van der Waals surface area contributed by atoms with Crippen molar-refractivity contribution in [2.45, 2.75) is 32.7 Å². The smallest absolute Gasteiger partial charge is 0.317 e. The summed E-state index contributed by atoms with van der Waals surface area (Å²) >= 11 is 0. The van der Waals surface area contributed by atoms with Crippen LogP contribution in [0, 0.1) is 0 Å². The van der Waals surface area contributed by atoms with Gasteiger partial charge in [0, 0.05) is 19.6 Å². The van der Waals surface area contributed by atoms with E-state index in [1.807, 2.05) is 13.8 Å². The average molecular weight is 188 g/mol. The number of aliphatic hydroxyl groups excluding tert-OH is 1. The fourth-order valence-electron chi connectivity index (χ4n) is 1.03. The van der Waals surface area contributed by atoms with Gasteiger partial charge in [0.2, 0.25) is 0 Å². The molecule has 2 amide bonds. The molecule has 0 rings (SSSR count). The lowest BCUT2D eigenvalue weighted by Gasteiger charge is -2.21. The zero-order chi connectivity index (χ0) is 10.3. The molecule has 0 fully saturated rings. The minimum atomic E-state index is -0.109. The second kappa shape index (κ2) is 6.71. The Balaban J connectivity index is 3.83. The van der Waals surface area contributed by atoms with Crippen LogP contribution >= 0.6 is 0 Å². The van der Waals surface area contributed by atoms with Gasteiger partial charge in [-0.3, -0.25) is 0 Å². The SMILES string of the molecule is CCC(CC)NC(=O)N(C)CCO. The number of urea groups is 1. The van der Waals surface area contributed by atoms with E-state index in [0.717, 1.165) is 12.8 Å². The van der Waals surface area contributed by atoms with E-state index in [1.54, 1.807) is 7.05 Å². The van der Waals surface area contributed by atoms with Crippen LogP contribution in [0.3, 0.4) is 0 Å². The van der Waals surface area contributed by atoms with E-state index in [4.69, 9.17) is 5.11 Å². The molecule has 0 aliphatic rings. The van der Waals surface area contributed by atoms with Gasteiger partial charge in [-0.1, -0.05) is 13.8 Å². The third kappa shape index (κ3) is 4.72. The summed E-state index contributed by atoms with van der Waals surface area (Å²) in [6, 6.07) is 0.136. The summed E-state index contributed by atoms with van der Waals surface area (Å²) in [5, 5.41) is 11.5. The number of nitrogens with one attached hydrogen (secondary N) is 1. The minimum Gasteiger partial charge on any atom is -0.395 e. The second-order valence-electron chi connectivity index (χ2n) is 3.11. The number of hydrogen-bond acceptors (Lipinski definition) is 2. The summed E-state index contributed by atoms with van der Waals surface area (Å²) < 4.78 is 0. The third-order valence-electron chi connectivity index (χ3n) is 2.10. The number of rotatable bonds is 5. The van der Waals surface area contributed by atoms with Crippen molar-refractivity contribution in [2.24, 2.45) is 0 Å². The number of likely N-dealkylation sites (N-methyl/N-ethyl adjacent to an activating group) is 1. The molecule has 4 heteroatoms. The number of nitrogens with zero attached hydrogens (tertiary/aromatic N) is 1. The van der Waals surface area contributed by atoms with Gasteiger partial charge in [-0.2, -0.15) is 0 Å². The Kier molecular flexibility index (Phi) is 6.32. The van der Waals surface area contributed by atoms with Crippen molar-refractivity contribution in [3.63, 3.8) is 0 Å². The first-order valence-corrected chi connectivity index (χ1v) is 4.78. The zero-order valence-electron chi connectivity index (χ0n) is 8.71. The maximum Gasteiger partial charge on any atom is 0.317 e. The van der Waals surface area contributed by atoms with Gasteiger partial charge >= 0.3 is 6.03 Å². The molecule has 0 aromatic heterocycles. The van der Waals surface area contributed by atoms with E-state index < -0.39 is 0 Å². The zero-order valence-corrected chi connectivity index (χ0v) is 8.71. The molecule has 0 heterocycles. The van der Waals surface area contributed by atoms with Crippen LogP contribution in [-0.4, -0.2) is 42.3 Å². The molecule has 0 aliphatic carbocycles. The van der Waals surface area contributed by atoms with E-state index in [0.29, 0.717) is 6.54 Å². The van der Waals surface area contributed by atoms with E-state index >= 15 is 0 Å². The maximum atomic E-state index is 11.4. The molecule has 0 radical (unpaired) electrons. The van der Waals surface area contributed by atoms with Crippen molar-refractivity contribution in [1.82, 2.24) is 10.2 Å². The van der Waals surface area contributed by atoms with Crippen LogP contribution in [0.2, 0.25) is 0 Å². The lowest BCUT2D eigenvalue weighted by atomic mass is 10.2. The predicted octanol–water partition coefficient (Wildman–Crippen LogP) is 0.809. The number of amides is 2. The molecule has 0 atom stereocenters. The van der Waals surface area contributed by atoms with Crippen molar-refractivity contribution in [3.05, 3.63) is 0 Å². The molecule has 0 bridgehead atoms. The third-order valence-corrected chi connectivity index (χ3v) is 2.10. The first-order valence-electron chi connectivity index (χ1n) is 4.78. The molecule has 4 nitrogen and oxygen atoms in total. The largest absolute Gasteiger partial charge is 0.395 e. The summed E-state index contributed by atoms with van der Waals surface area (Å²) in [7, 11) is 1.67. The molecule has 13 heavy (non-hydrogen) atoms. The molecule has 2 N–H and O–H groups in total. The van der Waals surface area contributed by atoms with E-state index in [-0.39, 0.29) is 18.7 Å². The second-order valence-corrected chi connectivity index (χ2v) is 3.11. The summed E-state index contributed by atoms with van der Waals surface area (Å²) in [5.74, 6) is 0. The van der Waals surface area contributed by atoms with Gasteiger partial charge in [0.15, 0.2) is 0 Å². The lowest BCUT2D eigenvalue weighted by molar-refractivity contribution is 0.186. The summed E-state index contributed by atoms with van der Waals surface area (Å²) in [5.41, 5.74) is 0. The molecule has 0 aliphatic heterocycles. The number of carbonyl (C=O) groups excluding carboxylic acids is 1. The summed E-state index contributed by atoms with van der Waals surface area (Å²) in [6.07, 6.45) is 1.88. The van der Waals surface area contributed by atoms with Gasteiger partial charge in [-0.15, -0.1) is 0 Å². The normalized spacial score (nSPS) is 10.2. The maximum absolute atomic E-state index is 11.4. The van der Waals surface area contributed by atoms with Crippen molar-refractivity contribution in [2.75, 3.05) is 20.2 Å². The molecule has 0 spiro atoms. The Morgan fingerprint density at radius 1 is 1.46 bits per heavy atom. The van der Waals surface area contributed by atoms with Gasteiger partial charge in [-0.05, 0) is 12.8 Å². The van der Waals surface area contributed by atoms with Crippen molar-refractivity contribution in [3.8, 4) is 0 Å². The van der Waals surface area contributed by atoms with Crippen LogP contribution in [-0.2, 0) is 0 Å². The molecule has 0 unspecified atom stereocenters. The highest BCUT2D eigenvalue weighted by molar-refractivity contribution is 5.74. The highest BCUT2D eigenvalue weighted by Gasteiger charge is 2.11. The van der Waals surface area contributed by atoms with Gasteiger partial charge in [0.25, 0.3) is 0 Å². The van der Waals surface area contributed by atoms with E-state index in [9.17, 15) is 4.79 Å². The first-order chi connectivity index (χ1) is 6.15. The van der Waals surface area contributed by atoms with E-state index in [2.05, 4.69) is 5.32 Å². The van der Waals surface area contributed by atoms with Gasteiger partial charge in [-0.25, -0.2) is 4.79 Å². The Morgan fingerprint density at radius 2 is 2.00 bits per heavy atom. The van der Waals surface area contributed by atoms with Crippen LogP contribution in [0.25, 0.3) is 0 Å². The van der Waals surface area contributed by atoms with Crippen LogP contribution < -0.4 is 5.32 Å². The van der Waals surface area contributed by atoms with Gasteiger partial charge in [0.05, 0.1) is 6.61 Å². The fourth-order valence-corrected chi connectivity index (χ4v) is 1.03. The topological polar surface area (TPSA) is 52.6 Å². The minimum absolute atomic E-state index is 0.00678. The molecule has 0 saturated heterocycles. The Morgan fingerprint density at radius 3 is 2.38 bits per heavy atom. The van der Waals surface area contributed by atoms with Crippen molar-refractivity contribution >= 4 is 6.03 Å². The van der Waals surface area contributed by atoms with Gasteiger partial charge in [0.1, 0.15) is 0 Å². The number of hydrogen-bond donors (Lipinski definition) is 2. The monoisotopic (exact) mass is 188 g/mol. The van der Waals surface area contributed by atoms with Crippen LogP contribution in [0.1, 0.15) is 26.7 Å². The van der Waals surface area contributed by atoms with Crippen LogP contribution in [0.5, 0.6) is 0 Å².